The van der Waals surface area contributed by atoms with Crippen molar-refractivity contribution in [3.05, 3.63) is 64.8 Å². The van der Waals surface area contributed by atoms with E-state index in [4.69, 9.17) is 11.6 Å². The van der Waals surface area contributed by atoms with Gasteiger partial charge in [0.1, 0.15) is 0 Å². The molecule has 1 aromatic heterocycles. The predicted octanol–water partition coefficient (Wildman–Crippen LogP) is 4.55. The van der Waals surface area contributed by atoms with Gasteiger partial charge >= 0.3 is 6.18 Å². The van der Waals surface area contributed by atoms with Gasteiger partial charge in [-0.25, -0.2) is 0 Å². The number of anilines is 1. The number of nitrogens with one attached hydrogen (secondary N) is 2. The van der Waals surface area contributed by atoms with E-state index < -0.39 is 23.6 Å². The second-order valence-electron chi connectivity index (χ2n) is 6.15. The number of fused-ring (bicyclic) bond motifs is 1. The molecule has 0 bridgehead atoms. The van der Waals surface area contributed by atoms with Crippen molar-refractivity contribution < 1.29 is 22.8 Å². The number of benzene rings is 2. The number of aromatic nitrogens is 1. The van der Waals surface area contributed by atoms with Crippen LogP contribution in [0.3, 0.4) is 0 Å². The maximum absolute atomic E-state index is 12.8. The third-order valence-electron chi connectivity index (χ3n) is 4.11. The number of hydrogen-bond donors (Lipinski definition) is 2. The molecule has 2 N–H and O–H groups in total. The maximum Gasteiger partial charge on any atom is 0.416 e. The monoisotopic (exact) mass is 409 g/mol. The molecule has 0 saturated carbocycles. The van der Waals surface area contributed by atoms with Crippen LogP contribution in [-0.4, -0.2) is 35.3 Å². The number of hydrogen-bond acceptors (Lipinski definition) is 2. The first kappa shape index (κ1) is 19.8. The normalized spacial score (nSPS) is 11.5. The minimum Gasteiger partial charge on any atom is -0.360 e. The number of H-pyrrole nitrogens is 1. The zero-order valence-electron chi connectivity index (χ0n) is 14.6. The molecule has 0 spiro atoms. The van der Waals surface area contributed by atoms with Crippen LogP contribution in [0.15, 0.2) is 48.7 Å². The first-order valence-electron chi connectivity index (χ1n) is 8.15. The minimum atomic E-state index is -4.56. The van der Waals surface area contributed by atoms with Crippen molar-refractivity contribution in [1.29, 1.82) is 0 Å². The van der Waals surface area contributed by atoms with Gasteiger partial charge in [-0.1, -0.05) is 29.8 Å². The van der Waals surface area contributed by atoms with Crippen LogP contribution in [0.2, 0.25) is 5.02 Å². The second-order valence-corrected chi connectivity index (χ2v) is 6.56. The topological polar surface area (TPSA) is 65.2 Å². The highest BCUT2D eigenvalue weighted by atomic mass is 35.5. The Bertz CT molecular complexity index is 1050. The number of carbonyl (C=O) groups excluding carboxylic acids is 2. The molecule has 5 nitrogen and oxygen atoms in total. The highest BCUT2D eigenvalue weighted by Crippen LogP contribution is 2.33. The quantitative estimate of drug-likeness (QED) is 0.664. The Hall–Kier alpha value is -3.00. The van der Waals surface area contributed by atoms with Crippen LogP contribution in [0, 0.1) is 0 Å². The fourth-order valence-corrected chi connectivity index (χ4v) is 2.89. The summed E-state index contributed by atoms with van der Waals surface area (Å²) >= 11 is 5.87. The van der Waals surface area contributed by atoms with Gasteiger partial charge in [0.25, 0.3) is 5.91 Å². The molecular weight excluding hydrogens is 395 g/mol. The largest absolute Gasteiger partial charge is 0.416 e. The van der Waals surface area contributed by atoms with Crippen LogP contribution >= 0.6 is 11.6 Å². The van der Waals surface area contributed by atoms with Crippen LogP contribution in [0.4, 0.5) is 18.9 Å². The molecule has 2 aromatic carbocycles. The van der Waals surface area contributed by atoms with E-state index in [2.05, 4.69) is 10.3 Å². The Balaban J connectivity index is 1.72. The molecule has 0 aliphatic rings. The highest BCUT2D eigenvalue weighted by Gasteiger charge is 2.31. The Morgan fingerprint density at radius 2 is 1.89 bits per heavy atom. The van der Waals surface area contributed by atoms with Crippen molar-refractivity contribution >= 4 is 40.0 Å². The number of alkyl halides is 3. The molecule has 3 aromatic rings. The summed E-state index contributed by atoms with van der Waals surface area (Å²) in [7, 11) is 1.43. The zero-order valence-corrected chi connectivity index (χ0v) is 15.4. The molecule has 0 aliphatic heterocycles. The smallest absolute Gasteiger partial charge is 0.360 e. The van der Waals surface area contributed by atoms with Crippen LogP contribution < -0.4 is 5.32 Å². The van der Waals surface area contributed by atoms with E-state index in [-0.39, 0.29) is 17.3 Å². The molecular formula is C19H15ClF3N3O2. The van der Waals surface area contributed by atoms with Gasteiger partial charge in [-0.3, -0.25) is 9.59 Å². The Labute approximate surface area is 163 Å². The van der Waals surface area contributed by atoms with E-state index in [9.17, 15) is 22.8 Å². The number of amides is 2. The molecule has 0 atom stereocenters. The second kappa shape index (κ2) is 7.55. The summed E-state index contributed by atoms with van der Waals surface area (Å²) in [6.07, 6.45) is -3.02. The highest BCUT2D eigenvalue weighted by molar-refractivity contribution is 6.33. The van der Waals surface area contributed by atoms with Crippen molar-refractivity contribution in [2.75, 3.05) is 18.9 Å². The number of carbonyl (C=O) groups is 2. The molecule has 0 saturated heterocycles. The summed E-state index contributed by atoms with van der Waals surface area (Å²) in [6, 6.07) is 9.83. The zero-order chi connectivity index (χ0) is 20.5. The van der Waals surface area contributed by atoms with Crippen molar-refractivity contribution in [3.63, 3.8) is 0 Å². The first-order valence-corrected chi connectivity index (χ1v) is 8.53. The lowest BCUT2D eigenvalue weighted by molar-refractivity contribution is -0.137. The van der Waals surface area contributed by atoms with Gasteiger partial charge in [-0.05, 0) is 24.3 Å². The standard InChI is InChI=1S/C19H15ClF3N3O2/c1-26(18(28)13-9-24-15-5-3-2-4-12(13)15)10-17(27)25-16-8-11(19(21,22)23)6-7-14(16)20/h2-9,24H,10H2,1H3,(H,25,27). The first-order chi connectivity index (χ1) is 13.2. The number of aromatic amines is 1. The molecule has 9 heteroatoms. The SMILES string of the molecule is CN(CC(=O)Nc1cc(C(F)(F)F)ccc1Cl)C(=O)c1c[nH]c2ccccc12. The number of rotatable bonds is 4. The Kier molecular flexibility index (Phi) is 5.33. The average molecular weight is 410 g/mol. The van der Waals surface area contributed by atoms with Gasteiger partial charge in [0.15, 0.2) is 0 Å². The lowest BCUT2D eigenvalue weighted by atomic mass is 10.1. The van der Waals surface area contributed by atoms with Gasteiger partial charge in [0.05, 0.1) is 28.4 Å². The van der Waals surface area contributed by atoms with Gasteiger partial charge in [0.2, 0.25) is 5.91 Å². The lowest BCUT2D eigenvalue weighted by Crippen LogP contribution is -2.35. The van der Waals surface area contributed by atoms with Gasteiger partial charge < -0.3 is 15.2 Å². The van der Waals surface area contributed by atoms with E-state index >= 15 is 0 Å². The van der Waals surface area contributed by atoms with E-state index in [1.807, 2.05) is 12.1 Å². The number of likely N-dealkylation sites (N-methyl/N-ethyl adjacent to an activating group) is 1. The summed E-state index contributed by atoms with van der Waals surface area (Å²) in [4.78, 5) is 29.0. The van der Waals surface area contributed by atoms with Crippen LogP contribution in [0.5, 0.6) is 0 Å². The summed E-state index contributed by atoms with van der Waals surface area (Å²) < 4.78 is 38.5. The van der Waals surface area contributed by atoms with Gasteiger partial charge in [-0.2, -0.15) is 13.2 Å². The van der Waals surface area contributed by atoms with Crippen molar-refractivity contribution in [3.8, 4) is 0 Å². The summed E-state index contributed by atoms with van der Waals surface area (Å²) in [5.74, 6) is -1.07. The van der Waals surface area contributed by atoms with E-state index in [0.717, 1.165) is 23.7 Å². The molecule has 146 valence electrons. The molecule has 0 fully saturated rings. The maximum atomic E-state index is 12.8. The molecule has 2 amide bonds. The van der Waals surface area contributed by atoms with Crippen LogP contribution in [0.1, 0.15) is 15.9 Å². The third kappa shape index (κ3) is 4.12. The van der Waals surface area contributed by atoms with Crippen molar-refractivity contribution in [2.24, 2.45) is 0 Å². The number of nitrogens with zero attached hydrogens (tertiary/aromatic N) is 1. The minimum absolute atomic E-state index is 0.0352. The van der Waals surface area contributed by atoms with Gasteiger partial charge in [-0.15, -0.1) is 0 Å². The number of halogens is 4. The Morgan fingerprint density at radius 3 is 2.61 bits per heavy atom. The van der Waals surface area contributed by atoms with Crippen molar-refractivity contribution in [1.82, 2.24) is 9.88 Å². The fourth-order valence-electron chi connectivity index (χ4n) is 2.73. The predicted molar refractivity (Wildman–Crippen MR) is 100 cm³/mol. The molecule has 3 rings (SSSR count). The summed E-state index contributed by atoms with van der Waals surface area (Å²) in [6.45, 7) is -0.356. The van der Waals surface area contributed by atoms with E-state index in [1.165, 1.54) is 11.9 Å². The lowest BCUT2D eigenvalue weighted by Gasteiger charge is -2.17. The van der Waals surface area contributed by atoms with Gasteiger partial charge in [0, 0.05) is 24.1 Å². The average Bonchev–Trinajstić information content (AvgIpc) is 3.06. The third-order valence-corrected chi connectivity index (χ3v) is 4.44. The van der Waals surface area contributed by atoms with Crippen LogP contribution in [-0.2, 0) is 11.0 Å². The molecule has 0 aliphatic carbocycles. The van der Waals surface area contributed by atoms with E-state index in [0.29, 0.717) is 10.9 Å². The molecule has 0 unspecified atom stereocenters. The molecule has 28 heavy (non-hydrogen) atoms. The summed E-state index contributed by atoms with van der Waals surface area (Å²) in [5.41, 5.74) is 0.0623. The molecule has 1 heterocycles. The summed E-state index contributed by atoms with van der Waals surface area (Å²) in [5, 5.41) is 2.99. The van der Waals surface area contributed by atoms with Crippen molar-refractivity contribution in [2.45, 2.75) is 6.18 Å². The van der Waals surface area contributed by atoms with E-state index in [1.54, 1.807) is 18.3 Å². The number of para-hydroxylation sites is 1. The Morgan fingerprint density at radius 1 is 1.18 bits per heavy atom. The fraction of sp³-hybridized carbons (Fsp3) is 0.158. The molecule has 0 radical (unpaired) electrons. The van der Waals surface area contributed by atoms with Crippen LogP contribution in [0.25, 0.3) is 10.9 Å².